The second-order valence-corrected chi connectivity index (χ2v) is 20.9. The molecule has 1 atom stereocenters. The number of nitrogens with zero attached hydrogens (tertiary/aromatic N) is 2. The maximum atomic E-state index is 13.9. The molecular weight excluding hydrogens is 843 g/mol. The molecule has 0 aliphatic heterocycles. The Morgan fingerprint density at radius 3 is 1.70 bits per heavy atom. The van der Waals surface area contributed by atoms with Crippen molar-refractivity contribution >= 4 is 58.0 Å². The van der Waals surface area contributed by atoms with Gasteiger partial charge in [0.15, 0.2) is 0 Å². The number of hydrogen-bond acceptors (Lipinski definition) is 14. The highest BCUT2D eigenvalue weighted by atomic mass is 32.2. The summed E-state index contributed by atoms with van der Waals surface area (Å²) in [6, 6.07) is 8.24. The fourth-order valence-electron chi connectivity index (χ4n) is 4.86. The molecule has 0 aliphatic rings. The van der Waals surface area contributed by atoms with Gasteiger partial charge in [-0.25, -0.2) is 19.2 Å². The van der Waals surface area contributed by atoms with Crippen LogP contribution in [-0.4, -0.2) is 88.9 Å². The van der Waals surface area contributed by atoms with Gasteiger partial charge < -0.3 is 33.7 Å². The van der Waals surface area contributed by atoms with E-state index < -0.39 is 93.4 Å². The highest BCUT2D eigenvalue weighted by Gasteiger charge is 2.38. The first-order valence-electron chi connectivity index (χ1n) is 19.9. The van der Waals surface area contributed by atoms with Crippen molar-refractivity contribution in [3.8, 4) is 5.75 Å². The average Bonchev–Trinajstić information content (AvgIpc) is 3.03. The number of nitrogens with one attached hydrogen (secondary N) is 3. The Bertz CT molecular complexity index is 2140. The van der Waals surface area contributed by atoms with Crippen molar-refractivity contribution in [2.75, 3.05) is 5.32 Å². The van der Waals surface area contributed by atoms with Gasteiger partial charge in [0.05, 0.1) is 18.5 Å². The Labute approximate surface area is 370 Å². The minimum absolute atomic E-state index is 0.0610. The number of alkyl carbamates (subject to hydrolysis) is 1. The van der Waals surface area contributed by atoms with Gasteiger partial charge in [0, 0.05) is 5.69 Å². The van der Waals surface area contributed by atoms with Crippen molar-refractivity contribution in [3.05, 3.63) is 59.2 Å². The number of carbonyl (C=O) groups is 6. The number of rotatable bonds is 11. The summed E-state index contributed by atoms with van der Waals surface area (Å²) in [7, 11) is -4.94. The lowest BCUT2D eigenvalue weighted by molar-refractivity contribution is -0.164. The standard InChI is InChI=1S/C43H63N5O14S/c1-26-23-28(44-35(45-36(52)60-41(8,9)10)46-37(53)61-42(11,12)13)19-22-30(26)33(50)57-29-20-17-27(18-21-29)25-48(38(54)62-43(14,15)16)63(55,56)47-31(34(51)59-40(5,6)7)24-32(49)58-39(2,3)4/h17-23,31,47H,24-25H2,1-16H3,(H2,44,45,46,52,53)/t31-/m0/s1. The van der Waals surface area contributed by atoms with Crippen molar-refractivity contribution in [3.63, 3.8) is 0 Å². The second-order valence-electron chi connectivity index (χ2n) is 19.2. The largest absolute Gasteiger partial charge is 0.460 e. The van der Waals surface area contributed by atoms with E-state index >= 15 is 0 Å². The maximum Gasteiger partial charge on any atom is 0.437 e. The predicted octanol–water partition coefficient (Wildman–Crippen LogP) is 7.46. The van der Waals surface area contributed by atoms with Crippen LogP contribution in [0.5, 0.6) is 5.75 Å². The molecule has 2 rings (SSSR count). The number of aliphatic imine (C=N–C) groups is 1. The Kier molecular flexibility index (Phi) is 17.5. The van der Waals surface area contributed by atoms with Crippen LogP contribution in [0.2, 0.25) is 0 Å². The van der Waals surface area contributed by atoms with Crippen molar-refractivity contribution in [1.82, 2.24) is 14.3 Å². The predicted molar refractivity (Wildman–Crippen MR) is 233 cm³/mol. The van der Waals surface area contributed by atoms with Crippen LogP contribution in [0.1, 0.15) is 132 Å². The van der Waals surface area contributed by atoms with Crippen LogP contribution in [-0.2, 0) is 50.0 Å². The van der Waals surface area contributed by atoms with E-state index in [4.69, 9.17) is 28.4 Å². The molecular formula is C43H63N5O14S. The summed E-state index contributed by atoms with van der Waals surface area (Å²) in [5.41, 5.74) is -3.72. The van der Waals surface area contributed by atoms with Crippen LogP contribution in [0.3, 0.4) is 0 Å². The summed E-state index contributed by atoms with van der Waals surface area (Å²) >= 11 is 0. The topological polar surface area (TPSA) is 244 Å². The normalized spacial score (nSPS) is 13.2. The molecule has 20 heteroatoms. The number of carbonyl (C=O) groups excluding carboxylic acids is 6. The summed E-state index contributed by atoms with van der Waals surface area (Å²) in [5.74, 6) is -2.98. The van der Waals surface area contributed by atoms with Crippen molar-refractivity contribution < 1.29 is 65.6 Å². The molecule has 0 saturated carbocycles. The molecule has 350 valence electrons. The third-order valence-corrected chi connectivity index (χ3v) is 8.49. The van der Waals surface area contributed by atoms with E-state index in [0.717, 1.165) is 0 Å². The van der Waals surface area contributed by atoms with Gasteiger partial charge >= 0.3 is 46.4 Å². The molecule has 0 aliphatic carbocycles. The molecule has 0 saturated heterocycles. The van der Waals surface area contributed by atoms with Gasteiger partial charge in [0.2, 0.25) is 5.96 Å². The molecule has 0 heterocycles. The molecule has 0 aromatic heterocycles. The number of esters is 3. The van der Waals surface area contributed by atoms with Crippen LogP contribution in [0, 0.1) is 6.92 Å². The zero-order valence-corrected chi connectivity index (χ0v) is 39.9. The zero-order valence-electron chi connectivity index (χ0n) is 39.1. The first-order valence-corrected chi connectivity index (χ1v) is 21.3. The maximum absolute atomic E-state index is 13.9. The Morgan fingerprint density at radius 1 is 0.683 bits per heavy atom. The fourth-order valence-corrected chi connectivity index (χ4v) is 6.08. The fraction of sp³-hybridized carbons (Fsp3) is 0.558. The highest BCUT2D eigenvalue weighted by Crippen LogP contribution is 2.23. The minimum atomic E-state index is -4.94. The lowest BCUT2D eigenvalue weighted by atomic mass is 10.1. The number of aryl methyl sites for hydroxylation is 1. The molecule has 2 aromatic carbocycles. The molecule has 0 fully saturated rings. The second kappa shape index (κ2) is 20.6. The van der Waals surface area contributed by atoms with E-state index in [0.29, 0.717) is 15.6 Å². The number of benzene rings is 2. The van der Waals surface area contributed by atoms with Gasteiger partial charge in [-0.05, 0) is 152 Å². The van der Waals surface area contributed by atoms with E-state index in [1.165, 1.54) is 57.2 Å². The van der Waals surface area contributed by atoms with Gasteiger partial charge in [-0.15, -0.1) is 4.99 Å². The SMILES string of the molecule is Cc1cc(NC(=NC(=O)OC(C)(C)C)NC(=O)OC(C)(C)C)ccc1C(=O)Oc1ccc(CN(C(=O)OC(C)(C)C)S(=O)(=O)N[C@@H](CC(=O)OC(C)(C)C)C(=O)OC(C)(C)C)cc1. The Balaban J connectivity index is 2.36. The summed E-state index contributed by atoms with van der Waals surface area (Å²) in [4.78, 5) is 81.5. The molecule has 2 aromatic rings. The molecule has 19 nitrogen and oxygen atoms in total. The van der Waals surface area contributed by atoms with Gasteiger partial charge in [-0.3, -0.25) is 14.9 Å². The van der Waals surface area contributed by atoms with Crippen LogP contribution < -0.4 is 20.1 Å². The summed E-state index contributed by atoms with van der Waals surface area (Å²) in [5, 5.41) is 5.21. The van der Waals surface area contributed by atoms with Gasteiger partial charge in [-0.2, -0.15) is 17.4 Å². The van der Waals surface area contributed by atoms with Crippen LogP contribution in [0.4, 0.5) is 20.1 Å². The zero-order chi connectivity index (χ0) is 48.5. The lowest BCUT2D eigenvalue weighted by Gasteiger charge is -2.29. The number of hydrogen-bond donors (Lipinski definition) is 3. The van der Waals surface area contributed by atoms with Gasteiger partial charge in [0.25, 0.3) is 0 Å². The molecule has 3 amide bonds. The third-order valence-electron chi connectivity index (χ3n) is 7.05. The number of amides is 3. The lowest BCUT2D eigenvalue weighted by Crippen LogP contribution is -2.52. The van der Waals surface area contributed by atoms with E-state index in [1.807, 2.05) is 0 Å². The van der Waals surface area contributed by atoms with E-state index in [9.17, 15) is 37.2 Å². The monoisotopic (exact) mass is 905 g/mol. The van der Waals surface area contributed by atoms with E-state index in [2.05, 4.69) is 20.3 Å². The van der Waals surface area contributed by atoms with Crippen LogP contribution in [0.25, 0.3) is 0 Å². The quantitative estimate of drug-likeness (QED) is 0.0652. The van der Waals surface area contributed by atoms with Crippen molar-refractivity contribution in [2.24, 2.45) is 4.99 Å². The molecule has 0 bridgehead atoms. The van der Waals surface area contributed by atoms with Crippen molar-refractivity contribution in [1.29, 1.82) is 0 Å². The van der Waals surface area contributed by atoms with E-state index in [1.54, 1.807) is 96.1 Å². The number of anilines is 1. The average molecular weight is 906 g/mol. The summed E-state index contributed by atoms with van der Waals surface area (Å²) in [6.07, 6.45) is -3.91. The molecule has 63 heavy (non-hydrogen) atoms. The Morgan fingerprint density at radius 2 is 1.21 bits per heavy atom. The van der Waals surface area contributed by atoms with Crippen LogP contribution >= 0.6 is 0 Å². The molecule has 0 radical (unpaired) electrons. The summed E-state index contributed by atoms with van der Waals surface area (Å²) < 4.78 is 62.5. The summed E-state index contributed by atoms with van der Waals surface area (Å²) in [6.45, 7) is 25.1. The number of ether oxygens (including phenoxy) is 6. The molecule has 0 spiro atoms. The van der Waals surface area contributed by atoms with Crippen molar-refractivity contribution in [2.45, 2.75) is 158 Å². The van der Waals surface area contributed by atoms with Crippen LogP contribution in [0.15, 0.2) is 47.5 Å². The molecule has 0 unspecified atom stereocenters. The van der Waals surface area contributed by atoms with Gasteiger partial charge in [-0.1, -0.05) is 12.1 Å². The first kappa shape index (κ1) is 53.4. The smallest absolute Gasteiger partial charge is 0.437 e. The van der Waals surface area contributed by atoms with Gasteiger partial charge in [0.1, 0.15) is 39.8 Å². The molecule has 3 N–H and O–H groups in total. The van der Waals surface area contributed by atoms with E-state index in [-0.39, 0.29) is 22.8 Å². The Hall–Kier alpha value is -5.76. The highest BCUT2D eigenvalue weighted by molar-refractivity contribution is 7.87. The minimum Gasteiger partial charge on any atom is -0.460 e. The third kappa shape index (κ3) is 20.8. The first-order chi connectivity index (χ1) is 28.4. The number of guanidine groups is 1.